The second-order valence-corrected chi connectivity index (χ2v) is 7.50. The smallest absolute Gasteiger partial charge is 0.348 e. The van der Waals surface area contributed by atoms with Gasteiger partial charge < -0.3 is 19.8 Å². The summed E-state index contributed by atoms with van der Waals surface area (Å²) < 4.78 is 5.45. The van der Waals surface area contributed by atoms with Gasteiger partial charge in [-0.3, -0.25) is 4.79 Å². The van der Waals surface area contributed by atoms with Gasteiger partial charge in [-0.25, -0.2) is 9.59 Å². The summed E-state index contributed by atoms with van der Waals surface area (Å²) in [6.07, 6.45) is 2.02. The summed E-state index contributed by atoms with van der Waals surface area (Å²) >= 11 is 0. The van der Waals surface area contributed by atoms with E-state index in [1.54, 1.807) is 49.9 Å². The van der Waals surface area contributed by atoms with Gasteiger partial charge in [0.25, 0.3) is 5.60 Å². The molecule has 0 bridgehead atoms. The SMILES string of the molecule is CC(C)(C)OC(Cc1ccc(N2CCCCC2=O)cc1)(C(=O)O)C(=O)O. The average Bonchev–Trinajstić information content (AvgIpc) is 2.54. The molecule has 0 radical (unpaired) electrons. The molecule has 1 aromatic rings. The molecule has 1 saturated heterocycles. The first kappa shape index (κ1) is 19.9. The molecule has 2 N–H and O–H groups in total. The van der Waals surface area contributed by atoms with Crippen LogP contribution in [0, 0.1) is 0 Å². The number of carboxylic acid groups (broad SMARTS) is 2. The molecule has 1 fully saturated rings. The quantitative estimate of drug-likeness (QED) is 0.753. The number of carbonyl (C=O) groups excluding carboxylic acids is 1. The Labute approximate surface area is 152 Å². The van der Waals surface area contributed by atoms with Crippen LogP contribution in [0.15, 0.2) is 24.3 Å². The van der Waals surface area contributed by atoms with Gasteiger partial charge in [0.2, 0.25) is 5.91 Å². The number of hydrogen-bond donors (Lipinski definition) is 2. The Balaban J connectivity index is 2.27. The molecule has 0 atom stereocenters. The maximum Gasteiger partial charge on any atom is 0.348 e. The molecule has 142 valence electrons. The molecule has 7 nitrogen and oxygen atoms in total. The maximum absolute atomic E-state index is 12.0. The molecular weight excluding hydrogens is 338 g/mol. The second kappa shape index (κ2) is 7.45. The number of piperidine rings is 1. The maximum atomic E-state index is 12.0. The molecule has 0 aliphatic carbocycles. The number of aliphatic carboxylic acids is 2. The molecule has 26 heavy (non-hydrogen) atoms. The predicted octanol–water partition coefficient (Wildman–Crippen LogP) is 2.47. The largest absolute Gasteiger partial charge is 0.479 e. The van der Waals surface area contributed by atoms with E-state index in [9.17, 15) is 24.6 Å². The van der Waals surface area contributed by atoms with Crippen LogP contribution < -0.4 is 4.90 Å². The van der Waals surface area contributed by atoms with Crippen molar-refractivity contribution in [3.8, 4) is 0 Å². The lowest BCUT2D eigenvalue weighted by molar-refractivity contribution is -0.199. The van der Waals surface area contributed by atoms with Crippen LogP contribution in [0.2, 0.25) is 0 Å². The zero-order chi connectivity index (χ0) is 19.5. The molecule has 1 aromatic carbocycles. The number of hydrogen-bond acceptors (Lipinski definition) is 4. The Bertz CT molecular complexity index is 675. The van der Waals surface area contributed by atoms with Gasteiger partial charge in [0, 0.05) is 25.1 Å². The first-order valence-electron chi connectivity index (χ1n) is 8.61. The highest BCUT2D eigenvalue weighted by Gasteiger charge is 2.50. The van der Waals surface area contributed by atoms with Crippen LogP contribution in [0.1, 0.15) is 45.6 Å². The minimum Gasteiger partial charge on any atom is -0.479 e. The van der Waals surface area contributed by atoms with E-state index in [2.05, 4.69) is 0 Å². The Morgan fingerprint density at radius 1 is 1.08 bits per heavy atom. The first-order valence-corrected chi connectivity index (χ1v) is 8.61. The van der Waals surface area contributed by atoms with E-state index in [4.69, 9.17) is 4.74 Å². The van der Waals surface area contributed by atoms with Crippen molar-refractivity contribution in [2.75, 3.05) is 11.4 Å². The fraction of sp³-hybridized carbons (Fsp3) is 0.526. The number of carboxylic acids is 2. The third-order valence-electron chi connectivity index (χ3n) is 4.20. The number of anilines is 1. The molecule has 1 amide bonds. The van der Waals surface area contributed by atoms with Gasteiger partial charge >= 0.3 is 11.9 Å². The number of benzene rings is 1. The third kappa shape index (κ3) is 4.40. The molecule has 7 heteroatoms. The summed E-state index contributed by atoms with van der Waals surface area (Å²) in [7, 11) is 0. The summed E-state index contributed by atoms with van der Waals surface area (Å²) in [5.41, 5.74) is -2.09. The Hall–Kier alpha value is -2.41. The lowest BCUT2D eigenvalue weighted by Crippen LogP contribution is -2.54. The van der Waals surface area contributed by atoms with Crippen molar-refractivity contribution in [3.63, 3.8) is 0 Å². The van der Waals surface area contributed by atoms with Crippen molar-refractivity contribution in [1.29, 1.82) is 0 Å². The van der Waals surface area contributed by atoms with Crippen LogP contribution in [-0.4, -0.2) is 45.8 Å². The topological polar surface area (TPSA) is 104 Å². The van der Waals surface area contributed by atoms with Gasteiger partial charge in [-0.1, -0.05) is 12.1 Å². The number of ether oxygens (including phenoxy) is 1. The van der Waals surface area contributed by atoms with Crippen molar-refractivity contribution in [3.05, 3.63) is 29.8 Å². The third-order valence-corrected chi connectivity index (χ3v) is 4.20. The van der Waals surface area contributed by atoms with Crippen molar-refractivity contribution in [2.45, 2.75) is 57.7 Å². The van der Waals surface area contributed by atoms with Gasteiger partial charge in [-0.2, -0.15) is 0 Å². The summed E-state index contributed by atoms with van der Waals surface area (Å²) in [6, 6.07) is 6.71. The summed E-state index contributed by atoms with van der Waals surface area (Å²) in [6.45, 7) is 5.48. The minimum atomic E-state index is -2.37. The molecule has 0 saturated carbocycles. The standard InChI is InChI=1S/C19H25NO6/c1-18(2,3)26-19(16(22)23,17(24)25)12-13-7-9-14(10-8-13)20-11-5-4-6-15(20)21/h7-10H,4-6,11-12H2,1-3H3,(H,22,23)(H,24,25). The number of amides is 1. The Kier molecular flexibility index (Phi) is 5.71. The van der Waals surface area contributed by atoms with Gasteiger partial charge in [0.15, 0.2) is 0 Å². The predicted molar refractivity (Wildman–Crippen MR) is 95.2 cm³/mol. The average molecular weight is 363 g/mol. The number of carbonyl (C=O) groups is 3. The van der Waals surface area contributed by atoms with Crippen LogP contribution >= 0.6 is 0 Å². The van der Waals surface area contributed by atoms with E-state index >= 15 is 0 Å². The Morgan fingerprint density at radius 3 is 2.12 bits per heavy atom. The fourth-order valence-electron chi connectivity index (χ4n) is 3.05. The first-order chi connectivity index (χ1) is 12.0. The minimum absolute atomic E-state index is 0.0606. The van der Waals surface area contributed by atoms with Crippen LogP contribution in [0.5, 0.6) is 0 Å². The molecular formula is C19H25NO6. The van der Waals surface area contributed by atoms with Crippen LogP contribution in [-0.2, 0) is 25.5 Å². The highest BCUT2D eigenvalue weighted by atomic mass is 16.6. The normalized spacial score (nSPS) is 15.8. The van der Waals surface area contributed by atoms with Crippen LogP contribution in [0.4, 0.5) is 5.69 Å². The summed E-state index contributed by atoms with van der Waals surface area (Å²) in [5, 5.41) is 19.1. The monoisotopic (exact) mass is 363 g/mol. The molecule has 0 spiro atoms. The summed E-state index contributed by atoms with van der Waals surface area (Å²) in [4.78, 5) is 37.2. The molecule has 0 aromatic heterocycles. The van der Waals surface area contributed by atoms with E-state index in [0.29, 0.717) is 18.5 Å². The summed E-state index contributed by atoms with van der Waals surface area (Å²) in [5.74, 6) is -3.03. The molecule has 1 aliphatic rings. The number of rotatable bonds is 6. The highest BCUT2D eigenvalue weighted by molar-refractivity contribution is 6.02. The van der Waals surface area contributed by atoms with E-state index in [0.717, 1.165) is 18.5 Å². The highest BCUT2D eigenvalue weighted by Crippen LogP contribution is 2.28. The molecule has 0 unspecified atom stereocenters. The van der Waals surface area contributed by atoms with Gasteiger partial charge in [-0.15, -0.1) is 0 Å². The van der Waals surface area contributed by atoms with E-state index in [-0.39, 0.29) is 12.3 Å². The van der Waals surface area contributed by atoms with Gasteiger partial charge in [0.1, 0.15) is 0 Å². The number of nitrogens with zero attached hydrogens (tertiary/aromatic N) is 1. The van der Waals surface area contributed by atoms with Crippen molar-refractivity contribution in [2.24, 2.45) is 0 Å². The van der Waals surface area contributed by atoms with Crippen molar-refractivity contribution in [1.82, 2.24) is 0 Å². The van der Waals surface area contributed by atoms with Gasteiger partial charge in [0.05, 0.1) is 5.60 Å². The second-order valence-electron chi connectivity index (χ2n) is 7.50. The zero-order valence-corrected chi connectivity index (χ0v) is 15.3. The molecule has 1 heterocycles. The molecule has 2 rings (SSSR count). The van der Waals surface area contributed by atoms with E-state index in [1.165, 1.54) is 0 Å². The van der Waals surface area contributed by atoms with Crippen molar-refractivity contribution < 1.29 is 29.3 Å². The van der Waals surface area contributed by atoms with Crippen LogP contribution in [0.3, 0.4) is 0 Å². The fourth-order valence-corrected chi connectivity index (χ4v) is 3.05. The van der Waals surface area contributed by atoms with E-state index in [1.807, 2.05) is 0 Å². The zero-order valence-electron chi connectivity index (χ0n) is 15.3. The van der Waals surface area contributed by atoms with E-state index < -0.39 is 23.1 Å². The Morgan fingerprint density at radius 2 is 1.65 bits per heavy atom. The van der Waals surface area contributed by atoms with Crippen LogP contribution in [0.25, 0.3) is 0 Å². The molecule has 1 aliphatic heterocycles. The van der Waals surface area contributed by atoms with Gasteiger partial charge in [-0.05, 0) is 51.3 Å². The lowest BCUT2D eigenvalue weighted by atomic mass is 9.92. The van der Waals surface area contributed by atoms with Crippen molar-refractivity contribution >= 4 is 23.5 Å². The lowest BCUT2D eigenvalue weighted by Gasteiger charge is -2.33.